The van der Waals surface area contributed by atoms with Gasteiger partial charge in [0.2, 0.25) is 0 Å². The molecule has 0 aliphatic rings. The summed E-state index contributed by atoms with van der Waals surface area (Å²) < 4.78 is 16.9. The first-order valence-electron chi connectivity index (χ1n) is 30.6. The summed E-state index contributed by atoms with van der Waals surface area (Å²) in [6.45, 7) is 6.51. The van der Waals surface area contributed by atoms with Crippen LogP contribution >= 0.6 is 0 Å². The van der Waals surface area contributed by atoms with E-state index in [1.807, 2.05) is 0 Å². The normalized spacial score (nSPS) is 12.7. The number of carbonyl (C=O) groups is 3. The summed E-state index contributed by atoms with van der Waals surface area (Å²) in [7, 11) is 0. The van der Waals surface area contributed by atoms with Gasteiger partial charge >= 0.3 is 17.9 Å². The minimum absolute atomic E-state index is 0.0833. The van der Waals surface area contributed by atoms with Crippen molar-refractivity contribution in [1.82, 2.24) is 0 Å². The molecule has 0 saturated heterocycles. The quantitative estimate of drug-likeness (QED) is 0.0261. The van der Waals surface area contributed by atoms with Crippen molar-refractivity contribution >= 4 is 17.9 Å². The lowest BCUT2D eigenvalue weighted by atomic mass is 10.0. The summed E-state index contributed by atoms with van der Waals surface area (Å²) in [6, 6.07) is 0. The highest BCUT2D eigenvalue weighted by Gasteiger charge is 2.19. The smallest absolute Gasteiger partial charge is 0.306 e. The molecule has 6 nitrogen and oxygen atoms in total. The zero-order valence-electron chi connectivity index (χ0n) is 47.4. The molecule has 0 rings (SSSR count). The number of hydrogen-bond acceptors (Lipinski definition) is 6. The van der Waals surface area contributed by atoms with Gasteiger partial charge in [-0.2, -0.15) is 0 Å². The minimum Gasteiger partial charge on any atom is -0.462 e. The molecule has 0 spiro atoms. The fraction of sp³-hybridized carbons (Fsp3) is 0.742. The van der Waals surface area contributed by atoms with Crippen molar-refractivity contribution in [1.29, 1.82) is 0 Å². The summed E-state index contributed by atoms with van der Waals surface area (Å²) in [5, 5.41) is 0. The molecule has 414 valence electrons. The highest BCUT2D eigenvalue weighted by Crippen LogP contribution is 2.16. The Kier molecular flexibility index (Phi) is 57.3. The summed E-state index contributed by atoms with van der Waals surface area (Å²) in [5.41, 5.74) is 0. The van der Waals surface area contributed by atoms with Gasteiger partial charge in [-0.05, 0) is 96.3 Å². The van der Waals surface area contributed by atoms with Gasteiger partial charge in [-0.3, -0.25) is 14.4 Å². The Bertz CT molecular complexity index is 1380. The van der Waals surface area contributed by atoms with Crippen LogP contribution in [0.25, 0.3) is 0 Å². The van der Waals surface area contributed by atoms with Gasteiger partial charge in [0.1, 0.15) is 13.2 Å². The first kappa shape index (κ1) is 68.6. The average Bonchev–Trinajstić information content (AvgIpc) is 3.38. The maximum Gasteiger partial charge on any atom is 0.306 e. The standard InChI is InChI=1S/C66H114O6/c1-4-7-10-13-16-19-22-25-27-29-30-31-32-33-34-35-36-38-39-41-44-47-50-53-56-59-65(68)71-62-63(61-70-64(67)58-55-52-49-46-43-24-21-18-15-12-9-6-3)72-66(69)60-57-54-51-48-45-42-40-37-28-26-23-20-17-14-11-8-5-2/h7,10,16,18-19,21,25,27,30-31,33-34,36,38,63H,4-6,8-9,11-15,17,20,22-24,26,28-29,32,35,37,39-62H2,1-3H3/b10-7-,19-16-,21-18-,27-25-,31-30-,34-33-,38-36-. The molecule has 0 aliphatic carbocycles. The monoisotopic (exact) mass is 1000 g/mol. The van der Waals surface area contributed by atoms with Crippen LogP contribution in [-0.4, -0.2) is 37.2 Å². The van der Waals surface area contributed by atoms with Gasteiger partial charge in [0.25, 0.3) is 0 Å². The maximum absolute atomic E-state index is 12.9. The third-order valence-electron chi connectivity index (χ3n) is 13.1. The van der Waals surface area contributed by atoms with Crippen molar-refractivity contribution in [2.45, 2.75) is 303 Å². The number of unbranched alkanes of at least 4 members (excludes halogenated alkanes) is 30. The lowest BCUT2D eigenvalue weighted by Crippen LogP contribution is -2.30. The number of esters is 3. The fourth-order valence-corrected chi connectivity index (χ4v) is 8.56. The predicted molar refractivity (Wildman–Crippen MR) is 311 cm³/mol. The molecule has 6 heteroatoms. The SMILES string of the molecule is CC/C=C\C/C=C\C/C=C\C/C=C\C/C=C\C/C=C\CCCCCCCCC(=O)OCC(COC(=O)CCCCCCC/C=C\CCCCC)OC(=O)CCCCCCCCCCCCCCCCCCC. The Labute approximate surface area is 445 Å². The van der Waals surface area contributed by atoms with Crippen LogP contribution in [0.4, 0.5) is 0 Å². The average molecular weight is 1000 g/mol. The van der Waals surface area contributed by atoms with E-state index in [0.29, 0.717) is 19.3 Å². The van der Waals surface area contributed by atoms with E-state index >= 15 is 0 Å². The lowest BCUT2D eigenvalue weighted by molar-refractivity contribution is -0.167. The van der Waals surface area contributed by atoms with E-state index in [4.69, 9.17) is 14.2 Å². The molecule has 1 unspecified atom stereocenters. The Morgan fingerprint density at radius 3 is 0.889 bits per heavy atom. The second-order valence-electron chi connectivity index (χ2n) is 20.2. The van der Waals surface area contributed by atoms with Crippen LogP contribution in [0.5, 0.6) is 0 Å². The number of hydrogen-bond donors (Lipinski definition) is 0. The predicted octanol–water partition coefficient (Wildman–Crippen LogP) is 20.7. The summed E-state index contributed by atoms with van der Waals surface area (Å²) >= 11 is 0. The maximum atomic E-state index is 12.9. The molecule has 0 aliphatic heterocycles. The highest BCUT2D eigenvalue weighted by atomic mass is 16.6. The van der Waals surface area contributed by atoms with Crippen LogP contribution in [0.15, 0.2) is 85.1 Å². The first-order valence-corrected chi connectivity index (χ1v) is 30.6. The second-order valence-corrected chi connectivity index (χ2v) is 20.2. The minimum atomic E-state index is -0.785. The summed E-state index contributed by atoms with van der Waals surface area (Å²) in [5.74, 6) is -0.896. The van der Waals surface area contributed by atoms with E-state index in [-0.39, 0.29) is 31.1 Å². The third-order valence-corrected chi connectivity index (χ3v) is 13.1. The van der Waals surface area contributed by atoms with E-state index < -0.39 is 6.10 Å². The molecule has 0 aromatic rings. The zero-order chi connectivity index (χ0) is 52.2. The molecule has 0 radical (unpaired) electrons. The summed E-state index contributed by atoms with van der Waals surface area (Å²) in [6.07, 6.45) is 78.6. The van der Waals surface area contributed by atoms with Crippen molar-refractivity contribution in [2.75, 3.05) is 13.2 Å². The molecule has 0 heterocycles. The van der Waals surface area contributed by atoms with Crippen molar-refractivity contribution in [3.8, 4) is 0 Å². The number of ether oxygens (including phenoxy) is 3. The summed E-state index contributed by atoms with van der Waals surface area (Å²) in [4.78, 5) is 38.2. The second kappa shape index (κ2) is 60.1. The lowest BCUT2D eigenvalue weighted by Gasteiger charge is -2.18. The Balaban J connectivity index is 4.34. The number of carbonyl (C=O) groups excluding carboxylic acids is 3. The van der Waals surface area contributed by atoms with Crippen LogP contribution in [-0.2, 0) is 28.6 Å². The molecule has 0 amide bonds. The first-order chi connectivity index (χ1) is 35.5. The van der Waals surface area contributed by atoms with E-state index in [9.17, 15) is 14.4 Å². The molecule has 0 aromatic carbocycles. The van der Waals surface area contributed by atoms with Gasteiger partial charge in [0.15, 0.2) is 6.10 Å². The molecule has 0 N–H and O–H groups in total. The number of allylic oxidation sites excluding steroid dienone is 14. The van der Waals surface area contributed by atoms with Gasteiger partial charge in [-0.15, -0.1) is 0 Å². The third kappa shape index (κ3) is 57.5. The van der Waals surface area contributed by atoms with Crippen LogP contribution < -0.4 is 0 Å². The Hall–Kier alpha value is -3.41. The van der Waals surface area contributed by atoms with Gasteiger partial charge in [-0.25, -0.2) is 0 Å². The molecular weight excluding hydrogens is 889 g/mol. The van der Waals surface area contributed by atoms with Crippen molar-refractivity contribution < 1.29 is 28.6 Å². The molecule has 0 bridgehead atoms. The van der Waals surface area contributed by atoms with E-state index in [1.54, 1.807) is 0 Å². The molecule has 0 fully saturated rings. The topological polar surface area (TPSA) is 78.9 Å². The van der Waals surface area contributed by atoms with Gasteiger partial charge in [0, 0.05) is 19.3 Å². The number of rotatable bonds is 55. The largest absolute Gasteiger partial charge is 0.462 e. The molecule has 0 aromatic heterocycles. The van der Waals surface area contributed by atoms with E-state index in [0.717, 1.165) is 116 Å². The van der Waals surface area contributed by atoms with Crippen molar-refractivity contribution in [3.63, 3.8) is 0 Å². The van der Waals surface area contributed by atoms with Gasteiger partial charge in [0.05, 0.1) is 0 Å². The molecule has 1 atom stereocenters. The van der Waals surface area contributed by atoms with E-state index in [2.05, 4.69) is 106 Å². The van der Waals surface area contributed by atoms with Gasteiger partial charge < -0.3 is 14.2 Å². The Morgan fingerprint density at radius 2 is 0.542 bits per heavy atom. The highest BCUT2D eigenvalue weighted by molar-refractivity contribution is 5.71. The van der Waals surface area contributed by atoms with Crippen molar-refractivity contribution in [3.05, 3.63) is 85.1 Å². The molecule has 72 heavy (non-hydrogen) atoms. The van der Waals surface area contributed by atoms with E-state index in [1.165, 1.54) is 141 Å². The van der Waals surface area contributed by atoms with Crippen LogP contribution in [0, 0.1) is 0 Å². The Morgan fingerprint density at radius 1 is 0.292 bits per heavy atom. The van der Waals surface area contributed by atoms with Crippen molar-refractivity contribution in [2.24, 2.45) is 0 Å². The van der Waals surface area contributed by atoms with Crippen LogP contribution in [0.3, 0.4) is 0 Å². The molecule has 0 saturated carbocycles. The van der Waals surface area contributed by atoms with Crippen LogP contribution in [0.1, 0.15) is 297 Å². The van der Waals surface area contributed by atoms with Gasteiger partial charge in [-0.1, -0.05) is 266 Å². The zero-order valence-corrected chi connectivity index (χ0v) is 47.4. The fourth-order valence-electron chi connectivity index (χ4n) is 8.56. The van der Waals surface area contributed by atoms with Crippen LogP contribution in [0.2, 0.25) is 0 Å². The molecular formula is C66H114O6.